The fourth-order valence-corrected chi connectivity index (χ4v) is 9.61. The molecule has 0 saturated heterocycles. The highest BCUT2D eigenvalue weighted by atomic mass is 79.9. The normalized spacial score (nSPS) is 19.7. The summed E-state index contributed by atoms with van der Waals surface area (Å²) in [4.78, 5) is 30.6. The van der Waals surface area contributed by atoms with Gasteiger partial charge in [-0.25, -0.2) is 0 Å². The summed E-state index contributed by atoms with van der Waals surface area (Å²) in [6.45, 7) is 9.02. The zero-order valence-electron chi connectivity index (χ0n) is 26.0. The van der Waals surface area contributed by atoms with Crippen molar-refractivity contribution in [3.8, 4) is 5.75 Å². The van der Waals surface area contributed by atoms with Crippen molar-refractivity contribution in [3.05, 3.63) is 114 Å². The molecule has 0 unspecified atom stereocenters. The van der Waals surface area contributed by atoms with Crippen LogP contribution in [-0.4, -0.2) is 24.9 Å². The summed E-state index contributed by atoms with van der Waals surface area (Å²) in [6.07, 6.45) is 2.11. The fraction of sp³-hybridized carbons (Fsp3) is 0.333. The SMILES string of the molecule is CC1(C)CC(=O)C2=C(C1)N(Cc1ccccc1)C1=C(C(=O)CC(C)(C)C1)C2c1cc(Br)c(OS(=O)(=O)c2ccc(Cl)cc2)c(Br)c1. The Kier molecular flexibility index (Phi) is 8.70. The van der Waals surface area contributed by atoms with Gasteiger partial charge in [0.15, 0.2) is 17.3 Å². The summed E-state index contributed by atoms with van der Waals surface area (Å²) >= 11 is 13.0. The van der Waals surface area contributed by atoms with E-state index in [-0.39, 0.29) is 33.0 Å². The van der Waals surface area contributed by atoms with E-state index in [2.05, 4.69) is 76.6 Å². The third-order valence-corrected chi connectivity index (χ3v) is 11.5. The van der Waals surface area contributed by atoms with E-state index in [1.807, 2.05) is 18.2 Å². The van der Waals surface area contributed by atoms with Crippen molar-refractivity contribution in [2.75, 3.05) is 0 Å². The van der Waals surface area contributed by atoms with Crippen LogP contribution >= 0.6 is 43.5 Å². The third-order valence-electron chi connectivity index (χ3n) is 8.85. The Balaban J connectivity index is 1.51. The van der Waals surface area contributed by atoms with Gasteiger partial charge in [-0.3, -0.25) is 9.59 Å². The molecule has 0 spiro atoms. The number of Topliss-reactive ketones (excluding diaryl/α,β-unsaturated/α-hetero) is 2. The Labute approximate surface area is 292 Å². The molecule has 0 N–H and O–H groups in total. The molecule has 3 aromatic rings. The topological polar surface area (TPSA) is 80.8 Å². The van der Waals surface area contributed by atoms with Crippen molar-refractivity contribution in [1.29, 1.82) is 0 Å². The molecule has 0 radical (unpaired) electrons. The van der Waals surface area contributed by atoms with E-state index >= 15 is 0 Å². The molecule has 6 nitrogen and oxygen atoms in total. The van der Waals surface area contributed by atoms with Crippen LogP contribution in [0.15, 0.2) is 103 Å². The minimum absolute atomic E-state index is 0.0244. The lowest BCUT2D eigenvalue weighted by Crippen LogP contribution is -2.44. The summed E-state index contributed by atoms with van der Waals surface area (Å²) < 4.78 is 32.7. The summed E-state index contributed by atoms with van der Waals surface area (Å²) in [6, 6.07) is 19.4. The average Bonchev–Trinajstić information content (AvgIpc) is 2.95. The molecular formula is C36H34Br2ClNO5S. The summed E-state index contributed by atoms with van der Waals surface area (Å²) in [7, 11) is -4.18. The van der Waals surface area contributed by atoms with E-state index in [0.717, 1.165) is 17.0 Å². The molecule has 240 valence electrons. The fourth-order valence-electron chi connectivity index (χ4n) is 6.92. The van der Waals surface area contributed by atoms with Crippen LogP contribution in [0.5, 0.6) is 5.75 Å². The first-order chi connectivity index (χ1) is 21.6. The number of carbonyl (C=O) groups excluding carboxylic acids is 2. The second-order valence-electron chi connectivity index (χ2n) is 13.9. The predicted octanol–water partition coefficient (Wildman–Crippen LogP) is 9.52. The standard InChI is InChI=1S/C36H34Br2ClNO5S/c1-35(2)16-27-32(29(41)18-35)31(33-28(17-36(3,4)19-30(33)42)40(27)20-21-8-6-5-7-9-21)22-14-25(37)34(26(38)15-22)45-46(43,44)24-12-10-23(39)11-13-24/h5-15,31H,16-20H2,1-4H3. The number of rotatable bonds is 6. The number of nitrogens with zero attached hydrogens (tertiary/aromatic N) is 1. The summed E-state index contributed by atoms with van der Waals surface area (Å²) in [5.74, 6) is -0.484. The van der Waals surface area contributed by atoms with E-state index in [4.69, 9.17) is 15.8 Å². The smallest absolute Gasteiger partial charge is 0.339 e. The molecular weight excluding hydrogens is 754 g/mol. The molecule has 1 heterocycles. The van der Waals surface area contributed by atoms with E-state index in [1.165, 1.54) is 24.3 Å². The molecule has 0 bridgehead atoms. The van der Waals surface area contributed by atoms with Crippen LogP contribution in [0.4, 0.5) is 0 Å². The maximum atomic E-state index is 14.2. The molecule has 0 fully saturated rings. The lowest BCUT2D eigenvalue weighted by atomic mass is 9.63. The second-order valence-corrected chi connectivity index (χ2v) is 17.6. The number of allylic oxidation sites excluding steroid dienone is 4. The third kappa shape index (κ3) is 6.40. The Morgan fingerprint density at radius 1 is 0.804 bits per heavy atom. The molecule has 1 aliphatic heterocycles. The van der Waals surface area contributed by atoms with Gasteiger partial charge < -0.3 is 9.08 Å². The minimum atomic E-state index is -4.18. The van der Waals surface area contributed by atoms with Crippen molar-refractivity contribution in [3.63, 3.8) is 0 Å². The van der Waals surface area contributed by atoms with Gasteiger partial charge in [0.2, 0.25) is 0 Å². The van der Waals surface area contributed by atoms with Gasteiger partial charge >= 0.3 is 10.1 Å². The van der Waals surface area contributed by atoms with Gasteiger partial charge in [0, 0.05) is 52.9 Å². The maximum absolute atomic E-state index is 14.2. The molecule has 0 saturated carbocycles. The van der Waals surface area contributed by atoms with E-state index in [9.17, 15) is 18.0 Å². The molecule has 10 heteroatoms. The molecule has 0 atom stereocenters. The molecule has 46 heavy (non-hydrogen) atoms. The highest BCUT2D eigenvalue weighted by molar-refractivity contribution is 9.11. The van der Waals surface area contributed by atoms with Gasteiger partial charge in [-0.1, -0.05) is 69.6 Å². The Bertz CT molecular complexity index is 1860. The van der Waals surface area contributed by atoms with Crippen molar-refractivity contribution >= 4 is 65.1 Å². The maximum Gasteiger partial charge on any atom is 0.339 e. The quantitative estimate of drug-likeness (QED) is 0.232. The van der Waals surface area contributed by atoms with Crippen LogP contribution in [0, 0.1) is 10.8 Å². The van der Waals surface area contributed by atoms with Crippen LogP contribution in [0.1, 0.15) is 70.4 Å². The van der Waals surface area contributed by atoms with Crippen LogP contribution in [0.25, 0.3) is 0 Å². The van der Waals surface area contributed by atoms with Crippen LogP contribution in [0.2, 0.25) is 5.02 Å². The van der Waals surface area contributed by atoms with Crippen molar-refractivity contribution in [2.45, 2.75) is 70.7 Å². The number of hydrogen-bond acceptors (Lipinski definition) is 6. The Morgan fingerprint density at radius 2 is 1.30 bits per heavy atom. The predicted molar refractivity (Wildman–Crippen MR) is 186 cm³/mol. The minimum Gasteiger partial charge on any atom is -0.377 e. The second kappa shape index (κ2) is 12.1. The highest BCUT2D eigenvalue weighted by Gasteiger charge is 2.49. The van der Waals surface area contributed by atoms with E-state index < -0.39 is 16.0 Å². The number of carbonyl (C=O) groups is 2. The van der Waals surface area contributed by atoms with Gasteiger partial charge in [0.05, 0.1) is 8.95 Å². The average molecular weight is 788 g/mol. The zero-order chi connectivity index (χ0) is 33.2. The van der Waals surface area contributed by atoms with Crippen molar-refractivity contribution in [1.82, 2.24) is 4.90 Å². The number of ketones is 2. The van der Waals surface area contributed by atoms with Gasteiger partial charge in [-0.05, 0) is 103 Å². The lowest BCUT2D eigenvalue weighted by Gasteiger charge is -2.49. The van der Waals surface area contributed by atoms with Crippen molar-refractivity contribution < 1.29 is 22.2 Å². The molecule has 0 aromatic heterocycles. The lowest BCUT2D eigenvalue weighted by molar-refractivity contribution is -0.119. The van der Waals surface area contributed by atoms with Gasteiger partial charge in [-0.15, -0.1) is 0 Å². The van der Waals surface area contributed by atoms with Crippen molar-refractivity contribution in [2.24, 2.45) is 10.8 Å². The van der Waals surface area contributed by atoms with Crippen LogP contribution in [0.3, 0.4) is 0 Å². The first kappa shape index (κ1) is 33.2. The molecule has 2 aliphatic carbocycles. The largest absolute Gasteiger partial charge is 0.377 e. The molecule has 0 amide bonds. The Hall–Kier alpha value is -2.72. The summed E-state index contributed by atoms with van der Waals surface area (Å²) in [5, 5.41) is 0.407. The molecule has 6 rings (SSSR count). The van der Waals surface area contributed by atoms with Gasteiger partial charge in [-0.2, -0.15) is 8.42 Å². The molecule has 3 aliphatic rings. The van der Waals surface area contributed by atoms with E-state index in [1.54, 1.807) is 12.1 Å². The van der Waals surface area contributed by atoms with E-state index in [0.29, 0.717) is 62.9 Å². The first-order valence-corrected chi connectivity index (χ1v) is 18.5. The number of hydrogen-bond donors (Lipinski definition) is 0. The van der Waals surface area contributed by atoms with Crippen LogP contribution < -0.4 is 4.18 Å². The van der Waals surface area contributed by atoms with Gasteiger partial charge in [0.1, 0.15) is 4.90 Å². The van der Waals surface area contributed by atoms with Gasteiger partial charge in [0.25, 0.3) is 0 Å². The summed E-state index contributed by atoms with van der Waals surface area (Å²) in [5.41, 5.74) is 4.49. The molecule has 3 aromatic carbocycles. The number of benzene rings is 3. The van der Waals surface area contributed by atoms with Crippen LogP contribution in [-0.2, 0) is 26.3 Å². The monoisotopic (exact) mass is 785 g/mol. The highest BCUT2D eigenvalue weighted by Crippen LogP contribution is 2.55. The zero-order valence-corrected chi connectivity index (χ0v) is 30.7. The first-order valence-electron chi connectivity index (χ1n) is 15.1. The number of halogens is 3. The Morgan fingerprint density at radius 3 is 1.80 bits per heavy atom.